The van der Waals surface area contributed by atoms with Crippen molar-refractivity contribution in [1.82, 2.24) is 10.6 Å². The number of amides is 1. The maximum atomic E-state index is 12.9. The summed E-state index contributed by atoms with van der Waals surface area (Å²) in [6.07, 6.45) is 0. The van der Waals surface area contributed by atoms with Gasteiger partial charge in [-0.15, -0.1) is 0 Å². The highest BCUT2D eigenvalue weighted by Gasteiger charge is 2.19. The molecule has 2 aromatic carbocycles. The number of carbonyl (C=O) groups is 2. The predicted octanol–water partition coefficient (Wildman–Crippen LogP) is 2.87. The van der Waals surface area contributed by atoms with Gasteiger partial charge in [-0.2, -0.15) is 0 Å². The summed E-state index contributed by atoms with van der Waals surface area (Å²) in [6, 6.07) is 12.9. The number of carbonyl (C=O) groups excluding carboxylic acids is 2. The Hall–Kier alpha value is -2.46. The monoisotopic (exact) mass is 324 g/mol. The Kier molecular flexibility index (Phi) is 5.88. The van der Waals surface area contributed by atoms with Gasteiger partial charge in [0, 0.05) is 23.7 Å². The van der Waals surface area contributed by atoms with Gasteiger partial charge in [0.1, 0.15) is 0 Å². The first kappa shape index (κ1) is 17.9. The molecule has 4 heteroatoms. The van der Waals surface area contributed by atoms with Crippen LogP contribution in [0.25, 0.3) is 0 Å². The average molecular weight is 324 g/mol. The van der Waals surface area contributed by atoms with Gasteiger partial charge in [-0.3, -0.25) is 9.59 Å². The summed E-state index contributed by atoms with van der Waals surface area (Å²) in [4.78, 5) is 25.4. The fourth-order valence-electron chi connectivity index (χ4n) is 2.45. The lowest BCUT2D eigenvalue weighted by molar-refractivity contribution is 0.0939. The van der Waals surface area contributed by atoms with Crippen molar-refractivity contribution in [3.63, 3.8) is 0 Å². The molecule has 2 rings (SSSR count). The molecule has 0 saturated carbocycles. The van der Waals surface area contributed by atoms with Gasteiger partial charge in [0.2, 0.25) is 0 Å². The third-order valence-electron chi connectivity index (χ3n) is 4.12. The van der Waals surface area contributed by atoms with Gasteiger partial charge in [-0.25, -0.2) is 0 Å². The van der Waals surface area contributed by atoms with E-state index in [9.17, 15) is 9.59 Å². The molecule has 0 fully saturated rings. The van der Waals surface area contributed by atoms with Crippen molar-refractivity contribution in [1.29, 1.82) is 0 Å². The number of hydrogen-bond donors (Lipinski definition) is 2. The average Bonchev–Trinajstić information content (AvgIpc) is 2.60. The van der Waals surface area contributed by atoms with E-state index in [4.69, 9.17) is 0 Å². The first-order chi connectivity index (χ1) is 11.4. The Bertz CT molecular complexity index is 753. The molecule has 0 radical (unpaired) electrons. The van der Waals surface area contributed by atoms with E-state index in [1.54, 1.807) is 24.3 Å². The quantitative estimate of drug-likeness (QED) is 0.803. The molecule has 0 aliphatic carbocycles. The largest absolute Gasteiger partial charge is 0.350 e. The van der Waals surface area contributed by atoms with Gasteiger partial charge in [0.25, 0.3) is 5.91 Å². The van der Waals surface area contributed by atoms with Gasteiger partial charge in [-0.05, 0) is 45.5 Å². The molecule has 1 unspecified atom stereocenters. The lowest BCUT2D eigenvalue weighted by Gasteiger charge is -2.14. The maximum absolute atomic E-state index is 12.9. The van der Waals surface area contributed by atoms with Gasteiger partial charge in [0.05, 0.1) is 5.56 Å². The fraction of sp³-hybridized carbons (Fsp3) is 0.300. The van der Waals surface area contributed by atoms with Crippen molar-refractivity contribution >= 4 is 11.7 Å². The summed E-state index contributed by atoms with van der Waals surface area (Å²) in [5, 5.41) is 5.94. The Morgan fingerprint density at radius 3 is 2.33 bits per heavy atom. The molecule has 0 spiro atoms. The van der Waals surface area contributed by atoms with Crippen LogP contribution >= 0.6 is 0 Å². The molecule has 24 heavy (non-hydrogen) atoms. The van der Waals surface area contributed by atoms with E-state index in [2.05, 4.69) is 10.6 Å². The number of rotatable bonds is 6. The van der Waals surface area contributed by atoms with Gasteiger partial charge in [-0.1, -0.05) is 35.9 Å². The summed E-state index contributed by atoms with van der Waals surface area (Å²) >= 11 is 0. The minimum atomic E-state index is -0.230. The van der Waals surface area contributed by atoms with E-state index in [0.29, 0.717) is 23.2 Å². The molecule has 2 N–H and O–H groups in total. The van der Waals surface area contributed by atoms with Crippen LogP contribution in [-0.2, 0) is 0 Å². The van der Waals surface area contributed by atoms with Gasteiger partial charge in [0.15, 0.2) is 5.78 Å². The van der Waals surface area contributed by atoms with Crippen molar-refractivity contribution < 1.29 is 9.59 Å². The van der Waals surface area contributed by atoms with Crippen LogP contribution in [0.2, 0.25) is 0 Å². The van der Waals surface area contributed by atoms with Crippen LogP contribution in [0.1, 0.15) is 44.3 Å². The SMILES string of the molecule is CNC(C)CNC(=O)c1ccccc1C(=O)c1cc(C)ccc1C. The third-order valence-corrected chi connectivity index (χ3v) is 4.12. The van der Waals surface area contributed by atoms with Crippen molar-refractivity contribution in [2.24, 2.45) is 0 Å². The molecule has 0 bridgehead atoms. The molecule has 1 amide bonds. The minimum Gasteiger partial charge on any atom is -0.350 e. The van der Waals surface area contributed by atoms with Crippen LogP contribution in [0.5, 0.6) is 0 Å². The fourth-order valence-corrected chi connectivity index (χ4v) is 2.45. The lowest BCUT2D eigenvalue weighted by atomic mass is 9.94. The Labute approximate surface area is 143 Å². The Balaban J connectivity index is 2.33. The summed E-state index contributed by atoms with van der Waals surface area (Å²) in [5.41, 5.74) is 3.41. The summed E-state index contributed by atoms with van der Waals surface area (Å²) in [6.45, 7) is 6.34. The van der Waals surface area contributed by atoms with E-state index < -0.39 is 0 Å². The van der Waals surface area contributed by atoms with E-state index in [0.717, 1.165) is 11.1 Å². The van der Waals surface area contributed by atoms with E-state index in [-0.39, 0.29) is 17.7 Å². The van der Waals surface area contributed by atoms with Crippen LogP contribution < -0.4 is 10.6 Å². The number of ketones is 1. The number of likely N-dealkylation sites (N-methyl/N-ethyl adjacent to an activating group) is 1. The highest BCUT2D eigenvalue weighted by molar-refractivity contribution is 6.15. The Morgan fingerprint density at radius 2 is 1.67 bits per heavy atom. The van der Waals surface area contributed by atoms with Crippen LogP contribution in [0.3, 0.4) is 0 Å². The topological polar surface area (TPSA) is 58.2 Å². The minimum absolute atomic E-state index is 0.122. The molecule has 0 aliphatic rings. The third kappa shape index (κ3) is 4.09. The second-order valence-electron chi connectivity index (χ2n) is 6.09. The summed E-state index contributed by atoms with van der Waals surface area (Å²) in [5.74, 6) is -0.352. The molecule has 0 aromatic heterocycles. The van der Waals surface area contributed by atoms with Crippen molar-refractivity contribution in [3.05, 3.63) is 70.3 Å². The second-order valence-corrected chi connectivity index (χ2v) is 6.09. The predicted molar refractivity (Wildman–Crippen MR) is 96.6 cm³/mol. The van der Waals surface area contributed by atoms with E-state index in [1.807, 2.05) is 46.0 Å². The van der Waals surface area contributed by atoms with E-state index >= 15 is 0 Å². The highest BCUT2D eigenvalue weighted by Crippen LogP contribution is 2.19. The molecule has 126 valence electrons. The maximum Gasteiger partial charge on any atom is 0.252 e. The van der Waals surface area contributed by atoms with Crippen molar-refractivity contribution in [3.8, 4) is 0 Å². The molecule has 1 atom stereocenters. The van der Waals surface area contributed by atoms with Crippen LogP contribution in [-0.4, -0.2) is 31.3 Å². The first-order valence-electron chi connectivity index (χ1n) is 8.10. The van der Waals surface area contributed by atoms with Crippen molar-refractivity contribution in [2.75, 3.05) is 13.6 Å². The summed E-state index contributed by atoms with van der Waals surface area (Å²) < 4.78 is 0. The molecule has 4 nitrogen and oxygen atoms in total. The standard InChI is InChI=1S/C20H24N2O2/c1-13-9-10-14(2)18(11-13)19(23)16-7-5-6-8-17(16)20(24)22-12-15(3)21-4/h5-11,15,21H,12H2,1-4H3,(H,22,24). The Morgan fingerprint density at radius 1 is 1.00 bits per heavy atom. The molecule has 2 aromatic rings. The zero-order valence-electron chi connectivity index (χ0n) is 14.6. The van der Waals surface area contributed by atoms with Crippen LogP contribution in [0.4, 0.5) is 0 Å². The number of benzene rings is 2. The number of hydrogen-bond acceptors (Lipinski definition) is 3. The first-order valence-corrected chi connectivity index (χ1v) is 8.10. The molecular weight excluding hydrogens is 300 g/mol. The molecular formula is C20H24N2O2. The van der Waals surface area contributed by atoms with Crippen LogP contribution in [0.15, 0.2) is 42.5 Å². The van der Waals surface area contributed by atoms with E-state index in [1.165, 1.54) is 0 Å². The lowest BCUT2D eigenvalue weighted by Crippen LogP contribution is -2.37. The number of aryl methyl sites for hydroxylation is 2. The molecule has 0 saturated heterocycles. The molecule has 0 heterocycles. The smallest absolute Gasteiger partial charge is 0.252 e. The highest BCUT2D eigenvalue weighted by atomic mass is 16.2. The van der Waals surface area contributed by atoms with Crippen molar-refractivity contribution in [2.45, 2.75) is 26.8 Å². The van der Waals surface area contributed by atoms with Crippen LogP contribution in [0, 0.1) is 13.8 Å². The van der Waals surface area contributed by atoms with Gasteiger partial charge < -0.3 is 10.6 Å². The molecule has 0 aliphatic heterocycles. The zero-order chi connectivity index (χ0) is 17.7. The zero-order valence-corrected chi connectivity index (χ0v) is 14.6. The number of nitrogens with one attached hydrogen (secondary N) is 2. The second kappa shape index (κ2) is 7.88. The van der Waals surface area contributed by atoms with Gasteiger partial charge >= 0.3 is 0 Å². The normalized spacial score (nSPS) is 11.8. The summed E-state index contributed by atoms with van der Waals surface area (Å²) in [7, 11) is 1.84.